The van der Waals surface area contributed by atoms with Crippen molar-refractivity contribution in [3.8, 4) is 0 Å². The number of rotatable bonds is 1. The van der Waals surface area contributed by atoms with E-state index in [0.717, 1.165) is 0 Å². The molecule has 5 atom stereocenters. The van der Waals surface area contributed by atoms with Crippen molar-refractivity contribution in [2.75, 3.05) is 6.61 Å². The van der Waals surface area contributed by atoms with Crippen LogP contribution >= 0.6 is 11.6 Å². The Balaban J connectivity index is 2.63. The van der Waals surface area contributed by atoms with E-state index >= 15 is 0 Å². The van der Waals surface area contributed by atoms with Gasteiger partial charge in [-0.2, -0.15) is 0 Å². The molecule has 0 radical (unpaired) electrons. The van der Waals surface area contributed by atoms with Gasteiger partial charge in [0.1, 0.15) is 18.3 Å². The molecular weight excluding hydrogens is 188 g/mol. The maximum absolute atomic E-state index is 9.24. The number of alkyl halides is 1. The Kier molecular flexibility index (Phi) is 3.28. The lowest BCUT2D eigenvalue weighted by Gasteiger charge is -2.37. The van der Waals surface area contributed by atoms with E-state index in [1.165, 1.54) is 0 Å². The average Bonchev–Trinajstić information content (AvgIpc) is 2.08. The molecule has 1 aliphatic heterocycles. The van der Waals surface area contributed by atoms with Crippen molar-refractivity contribution in [2.24, 2.45) is 0 Å². The first kappa shape index (κ1) is 10.2. The fourth-order valence-corrected chi connectivity index (χ4v) is 1.34. The third-order valence-corrected chi connectivity index (χ3v) is 2.34. The Labute approximate surface area is 74.2 Å². The van der Waals surface area contributed by atoms with Gasteiger partial charge in [-0.25, -0.2) is 0 Å². The van der Waals surface area contributed by atoms with Crippen LogP contribution in [-0.2, 0) is 4.74 Å². The van der Waals surface area contributed by atoms with Crippen LogP contribution in [-0.4, -0.2) is 57.0 Å². The quantitative estimate of drug-likeness (QED) is 0.367. The fourth-order valence-electron chi connectivity index (χ4n) is 1.06. The number of hydrogen-bond donors (Lipinski definition) is 4. The minimum atomic E-state index is -1.45. The lowest BCUT2D eigenvalue weighted by atomic mass is 10.0. The molecule has 0 amide bonds. The summed E-state index contributed by atoms with van der Waals surface area (Å²) in [5, 5.41) is 34.9. The standard InChI is InChI=1S/C6H11ClO5/c7-3-4(9)2(1-8)12-6(11)5(3)10/h2-6,8-11H,1H2/t2?,3-,4+,5?,6?/m1/s1. The van der Waals surface area contributed by atoms with Crippen LogP contribution in [0.1, 0.15) is 0 Å². The highest BCUT2D eigenvalue weighted by Crippen LogP contribution is 2.23. The molecule has 0 bridgehead atoms. The Hall–Kier alpha value is 0.0900. The molecule has 1 saturated heterocycles. The molecule has 0 aromatic heterocycles. The summed E-state index contributed by atoms with van der Waals surface area (Å²) in [5.74, 6) is 0. The molecule has 0 aromatic rings. The van der Waals surface area contributed by atoms with E-state index in [1.807, 2.05) is 0 Å². The van der Waals surface area contributed by atoms with Gasteiger partial charge in [0, 0.05) is 0 Å². The third kappa shape index (κ3) is 1.71. The van der Waals surface area contributed by atoms with Crippen LogP contribution in [0.25, 0.3) is 0 Å². The van der Waals surface area contributed by atoms with Gasteiger partial charge in [-0.05, 0) is 0 Å². The molecule has 5 nitrogen and oxygen atoms in total. The van der Waals surface area contributed by atoms with E-state index in [0.29, 0.717) is 0 Å². The summed E-state index contributed by atoms with van der Waals surface area (Å²) in [6, 6.07) is 0. The maximum atomic E-state index is 9.24. The Morgan fingerprint density at radius 2 is 1.75 bits per heavy atom. The van der Waals surface area contributed by atoms with Gasteiger partial charge in [0.25, 0.3) is 0 Å². The van der Waals surface area contributed by atoms with Gasteiger partial charge in [-0.15, -0.1) is 11.6 Å². The van der Waals surface area contributed by atoms with Crippen molar-refractivity contribution < 1.29 is 25.2 Å². The van der Waals surface area contributed by atoms with Crippen LogP contribution in [0.2, 0.25) is 0 Å². The summed E-state index contributed by atoms with van der Waals surface area (Å²) in [6.07, 6.45) is -4.89. The first-order valence-electron chi connectivity index (χ1n) is 3.52. The highest BCUT2D eigenvalue weighted by Gasteiger charge is 2.42. The molecule has 0 aromatic carbocycles. The fraction of sp³-hybridized carbons (Fsp3) is 1.00. The van der Waals surface area contributed by atoms with Gasteiger partial charge in [0.15, 0.2) is 6.29 Å². The van der Waals surface area contributed by atoms with Crippen molar-refractivity contribution in [1.82, 2.24) is 0 Å². The monoisotopic (exact) mass is 198 g/mol. The second-order valence-electron chi connectivity index (χ2n) is 2.67. The Morgan fingerprint density at radius 3 is 2.25 bits per heavy atom. The van der Waals surface area contributed by atoms with Gasteiger partial charge in [0.2, 0.25) is 0 Å². The summed E-state index contributed by atoms with van der Waals surface area (Å²) in [5.41, 5.74) is 0. The molecule has 12 heavy (non-hydrogen) atoms. The summed E-state index contributed by atoms with van der Waals surface area (Å²) < 4.78 is 4.65. The van der Waals surface area contributed by atoms with Crippen LogP contribution in [0.15, 0.2) is 0 Å². The number of aliphatic hydroxyl groups excluding tert-OH is 4. The van der Waals surface area contributed by atoms with Gasteiger partial charge < -0.3 is 25.2 Å². The number of halogens is 1. The predicted octanol–water partition coefficient (Wildman–Crippen LogP) is -1.97. The average molecular weight is 199 g/mol. The van der Waals surface area contributed by atoms with E-state index in [2.05, 4.69) is 4.74 Å². The van der Waals surface area contributed by atoms with E-state index in [1.54, 1.807) is 0 Å². The molecule has 3 unspecified atom stereocenters. The van der Waals surface area contributed by atoms with E-state index in [9.17, 15) is 5.11 Å². The number of aliphatic hydroxyl groups is 4. The highest BCUT2D eigenvalue weighted by atomic mass is 35.5. The van der Waals surface area contributed by atoms with Crippen LogP contribution in [0, 0.1) is 0 Å². The molecule has 1 fully saturated rings. The molecule has 1 rings (SSSR count). The Morgan fingerprint density at radius 1 is 1.17 bits per heavy atom. The zero-order valence-electron chi connectivity index (χ0n) is 6.17. The van der Waals surface area contributed by atoms with Gasteiger partial charge in [-0.1, -0.05) is 0 Å². The molecule has 1 aliphatic rings. The smallest absolute Gasteiger partial charge is 0.182 e. The summed E-state index contributed by atoms with van der Waals surface area (Å²) in [4.78, 5) is 0. The van der Waals surface area contributed by atoms with Gasteiger partial charge in [-0.3, -0.25) is 0 Å². The number of ether oxygens (including phenoxy) is 1. The molecule has 6 heteroatoms. The highest BCUT2D eigenvalue weighted by molar-refractivity contribution is 6.21. The zero-order valence-corrected chi connectivity index (χ0v) is 6.92. The largest absolute Gasteiger partial charge is 0.394 e. The van der Waals surface area contributed by atoms with Crippen molar-refractivity contribution in [3.63, 3.8) is 0 Å². The molecule has 72 valence electrons. The predicted molar refractivity (Wildman–Crippen MR) is 39.6 cm³/mol. The summed E-state index contributed by atoms with van der Waals surface area (Å²) in [7, 11) is 0. The lowest BCUT2D eigenvalue weighted by Crippen LogP contribution is -2.56. The van der Waals surface area contributed by atoms with Crippen LogP contribution in [0.4, 0.5) is 0 Å². The molecule has 4 N–H and O–H groups in total. The van der Waals surface area contributed by atoms with E-state index in [-0.39, 0.29) is 0 Å². The van der Waals surface area contributed by atoms with Crippen molar-refractivity contribution in [2.45, 2.75) is 30.0 Å². The summed E-state index contributed by atoms with van der Waals surface area (Å²) >= 11 is 5.53. The number of hydrogen-bond acceptors (Lipinski definition) is 5. The zero-order chi connectivity index (χ0) is 9.30. The minimum Gasteiger partial charge on any atom is -0.394 e. The molecule has 1 heterocycles. The Bertz CT molecular complexity index is 150. The molecular formula is C6H11ClO5. The van der Waals surface area contributed by atoms with Crippen LogP contribution in [0.3, 0.4) is 0 Å². The third-order valence-electron chi connectivity index (χ3n) is 1.82. The second kappa shape index (κ2) is 3.87. The van der Waals surface area contributed by atoms with Crippen molar-refractivity contribution in [1.29, 1.82) is 0 Å². The van der Waals surface area contributed by atoms with Gasteiger partial charge >= 0.3 is 0 Å². The van der Waals surface area contributed by atoms with Crippen LogP contribution in [0.5, 0.6) is 0 Å². The first-order chi connectivity index (χ1) is 5.57. The topological polar surface area (TPSA) is 90.2 Å². The maximum Gasteiger partial charge on any atom is 0.182 e. The minimum absolute atomic E-state index is 0.450. The van der Waals surface area contributed by atoms with Gasteiger partial charge in [0.05, 0.1) is 12.0 Å². The first-order valence-corrected chi connectivity index (χ1v) is 3.96. The molecule has 0 aliphatic carbocycles. The van der Waals surface area contributed by atoms with Crippen molar-refractivity contribution in [3.05, 3.63) is 0 Å². The molecule has 0 spiro atoms. The van der Waals surface area contributed by atoms with E-state index < -0.39 is 36.6 Å². The second-order valence-corrected chi connectivity index (χ2v) is 3.18. The van der Waals surface area contributed by atoms with E-state index in [4.69, 9.17) is 26.9 Å². The van der Waals surface area contributed by atoms with Crippen molar-refractivity contribution >= 4 is 11.6 Å². The van der Waals surface area contributed by atoms with Crippen LogP contribution < -0.4 is 0 Å². The SMILES string of the molecule is OCC1OC(O)C(O)[C@H](Cl)[C@H]1O. The normalized spacial score (nSPS) is 49.2. The molecule has 0 saturated carbocycles. The lowest BCUT2D eigenvalue weighted by molar-refractivity contribution is -0.249. The summed E-state index contributed by atoms with van der Waals surface area (Å²) in [6.45, 7) is -0.450.